The van der Waals surface area contributed by atoms with Gasteiger partial charge in [0.05, 0.1) is 10.7 Å². The molecule has 0 radical (unpaired) electrons. The van der Waals surface area contributed by atoms with E-state index in [1.807, 2.05) is 12.3 Å². The lowest BCUT2D eigenvalue weighted by Crippen LogP contribution is -2.08. The zero-order chi connectivity index (χ0) is 13.2. The molecule has 0 atom stereocenters. The fourth-order valence-electron chi connectivity index (χ4n) is 1.23. The largest absolute Gasteiger partial charge is 0.452 e. The van der Waals surface area contributed by atoms with Crippen molar-refractivity contribution < 1.29 is 13.2 Å². The predicted octanol–water partition coefficient (Wildman–Crippen LogP) is 2.98. The van der Waals surface area contributed by atoms with Gasteiger partial charge >= 0.3 is 6.18 Å². The number of aryl methyl sites for hydroxylation is 1. The van der Waals surface area contributed by atoms with Crippen LogP contribution in [-0.2, 0) is 12.6 Å². The van der Waals surface area contributed by atoms with Crippen LogP contribution in [0.25, 0.3) is 0 Å². The Morgan fingerprint density at radius 2 is 2.11 bits per heavy atom. The van der Waals surface area contributed by atoms with Crippen LogP contribution in [0, 0.1) is 6.92 Å². The summed E-state index contributed by atoms with van der Waals surface area (Å²) in [5.74, 6) is -1.10. The van der Waals surface area contributed by atoms with Gasteiger partial charge in [-0.1, -0.05) is 0 Å². The third-order valence-corrected chi connectivity index (χ3v) is 3.50. The molecular weight excluding hydrogens is 285 g/mol. The van der Waals surface area contributed by atoms with Crippen LogP contribution in [0.5, 0.6) is 0 Å². The minimum atomic E-state index is -4.48. The minimum absolute atomic E-state index is 0.175. The highest BCUT2D eigenvalue weighted by molar-refractivity contribution is 7.09. The van der Waals surface area contributed by atoms with Crippen molar-refractivity contribution in [3.05, 3.63) is 21.9 Å². The quantitative estimate of drug-likeness (QED) is 0.942. The molecule has 0 aromatic carbocycles. The maximum atomic E-state index is 12.2. The summed E-state index contributed by atoms with van der Waals surface area (Å²) in [7, 11) is 0. The molecule has 2 aromatic rings. The van der Waals surface area contributed by atoms with Crippen molar-refractivity contribution in [2.24, 2.45) is 0 Å². The summed E-state index contributed by atoms with van der Waals surface area (Å²) >= 11 is 2.25. The molecule has 0 saturated heterocycles. The van der Waals surface area contributed by atoms with Gasteiger partial charge in [-0.05, 0) is 6.92 Å². The van der Waals surface area contributed by atoms with E-state index in [9.17, 15) is 13.2 Å². The Bertz CT molecular complexity index is 520. The van der Waals surface area contributed by atoms with Gasteiger partial charge in [0.25, 0.3) is 0 Å². The lowest BCUT2D eigenvalue weighted by atomic mass is 10.3. The van der Waals surface area contributed by atoms with Gasteiger partial charge in [-0.15, -0.1) is 11.3 Å². The molecule has 0 saturated carbocycles. The molecule has 0 spiro atoms. The Morgan fingerprint density at radius 1 is 1.33 bits per heavy atom. The summed E-state index contributed by atoms with van der Waals surface area (Å²) in [4.78, 5) is 7.62. The molecule has 0 fully saturated rings. The monoisotopic (exact) mass is 294 g/mol. The van der Waals surface area contributed by atoms with E-state index >= 15 is 0 Å². The smallest absolute Gasteiger partial charge is 0.360 e. The first-order valence-electron chi connectivity index (χ1n) is 5.01. The van der Waals surface area contributed by atoms with Gasteiger partial charge in [0, 0.05) is 29.9 Å². The molecule has 2 aromatic heterocycles. The van der Waals surface area contributed by atoms with Crippen molar-refractivity contribution >= 4 is 28.0 Å². The third kappa shape index (κ3) is 3.39. The molecule has 0 aliphatic rings. The van der Waals surface area contributed by atoms with Gasteiger partial charge in [0.2, 0.25) is 11.0 Å². The topological polar surface area (TPSA) is 50.7 Å². The van der Waals surface area contributed by atoms with Gasteiger partial charge in [-0.3, -0.25) is 0 Å². The number of rotatable bonds is 4. The SMILES string of the molecule is Cc1nc(CCNc2nc(C(F)(F)F)ns2)cs1. The number of alkyl halides is 3. The number of aromatic nitrogens is 3. The summed E-state index contributed by atoms with van der Waals surface area (Å²) in [5.41, 5.74) is 0.922. The van der Waals surface area contributed by atoms with E-state index in [4.69, 9.17) is 0 Å². The lowest BCUT2D eigenvalue weighted by Gasteiger charge is -2.00. The predicted molar refractivity (Wildman–Crippen MR) is 64.0 cm³/mol. The molecular formula is C9H9F3N4S2. The maximum absolute atomic E-state index is 12.2. The van der Waals surface area contributed by atoms with Crippen molar-refractivity contribution in [2.45, 2.75) is 19.5 Å². The van der Waals surface area contributed by atoms with E-state index in [0.717, 1.165) is 10.7 Å². The average molecular weight is 294 g/mol. The van der Waals surface area contributed by atoms with Crippen LogP contribution in [0.4, 0.5) is 18.3 Å². The Hall–Kier alpha value is -1.22. The van der Waals surface area contributed by atoms with E-state index in [1.54, 1.807) is 11.3 Å². The van der Waals surface area contributed by atoms with E-state index in [0.29, 0.717) is 24.5 Å². The second kappa shape index (κ2) is 5.19. The molecule has 2 rings (SSSR count). The summed E-state index contributed by atoms with van der Waals surface area (Å²) in [6, 6.07) is 0. The van der Waals surface area contributed by atoms with Gasteiger partial charge < -0.3 is 5.32 Å². The molecule has 0 bridgehead atoms. The van der Waals surface area contributed by atoms with Crippen molar-refractivity contribution in [1.82, 2.24) is 14.3 Å². The molecule has 98 valence electrons. The van der Waals surface area contributed by atoms with Crippen molar-refractivity contribution in [2.75, 3.05) is 11.9 Å². The van der Waals surface area contributed by atoms with E-state index < -0.39 is 12.0 Å². The van der Waals surface area contributed by atoms with Crippen molar-refractivity contribution in [1.29, 1.82) is 0 Å². The van der Waals surface area contributed by atoms with Crippen molar-refractivity contribution in [3.63, 3.8) is 0 Å². The number of hydrogen-bond acceptors (Lipinski definition) is 6. The molecule has 4 nitrogen and oxygen atoms in total. The summed E-state index contributed by atoms with van der Waals surface area (Å²) in [5, 5.41) is 5.88. The number of halogens is 3. The summed E-state index contributed by atoms with van der Waals surface area (Å²) in [6.07, 6.45) is -3.84. The highest BCUT2D eigenvalue weighted by Crippen LogP contribution is 2.28. The Kier molecular flexibility index (Phi) is 3.81. The van der Waals surface area contributed by atoms with Crippen LogP contribution in [0.2, 0.25) is 0 Å². The number of thiazole rings is 1. The molecule has 9 heteroatoms. The van der Waals surface area contributed by atoms with Crippen LogP contribution in [-0.4, -0.2) is 20.9 Å². The summed E-state index contributed by atoms with van der Waals surface area (Å²) < 4.78 is 40.0. The highest BCUT2D eigenvalue weighted by Gasteiger charge is 2.36. The van der Waals surface area contributed by atoms with Crippen LogP contribution in [0.3, 0.4) is 0 Å². The second-order valence-corrected chi connectivity index (χ2v) is 5.27. The zero-order valence-electron chi connectivity index (χ0n) is 9.28. The number of nitrogens with zero attached hydrogens (tertiary/aromatic N) is 3. The number of anilines is 1. The highest BCUT2D eigenvalue weighted by atomic mass is 32.1. The third-order valence-electron chi connectivity index (χ3n) is 2.00. The van der Waals surface area contributed by atoms with Crippen LogP contribution >= 0.6 is 22.9 Å². The first-order chi connectivity index (χ1) is 8.45. The van der Waals surface area contributed by atoms with Crippen LogP contribution in [0.1, 0.15) is 16.5 Å². The molecule has 0 amide bonds. The van der Waals surface area contributed by atoms with Gasteiger partial charge in [-0.2, -0.15) is 22.5 Å². The van der Waals surface area contributed by atoms with Gasteiger partial charge in [-0.25, -0.2) is 4.98 Å². The van der Waals surface area contributed by atoms with E-state index in [-0.39, 0.29) is 5.13 Å². The zero-order valence-corrected chi connectivity index (χ0v) is 10.9. The molecule has 2 heterocycles. The van der Waals surface area contributed by atoms with Crippen molar-refractivity contribution in [3.8, 4) is 0 Å². The number of hydrogen-bond donors (Lipinski definition) is 1. The second-order valence-electron chi connectivity index (χ2n) is 3.46. The summed E-state index contributed by atoms with van der Waals surface area (Å²) in [6.45, 7) is 2.39. The normalized spacial score (nSPS) is 11.8. The maximum Gasteiger partial charge on any atom is 0.452 e. The van der Waals surface area contributed by atoms with Gasteiger partial charge in [0.1, 0.15) is 0 Å². The lowest BCUT2D eigenvalue weighted by molar-refractivity contribution is -0.144. The first kappa shape index (κ1) is 13.2. The van der Waals surface area contributed by atoms with E-state index in [2.05, 4.69) is 19.7 Å². The van der Waals surface area contributed by atoms with E-state index in [1.165, 1.54) is 0 Å². The Labute approximate surface area is 109 Å². The average Bonchev–Trinajstić information content (AvgIpc) is 2.87. The fraction of sp³-hybridized carbons (Fsp3) is 0.444. The Balaban J connectivity index is 1.85. The fourth-order valence-corrected chi connectivity index (χ4v) is 2.49. The van der Waals surface area contributed by atoms with Crippen LogP contribution in [0.15, 0.2) is 5.38 Å². The molecule has 0 unspecified atom stereocenters. The van der Waals surface area contributed by atoms with Crippen LogP contribution < -0.4 is 5.32 Å². The first-order valence-corrected chi connectivity index (χ1v) is 6.66. The molecule has 0 aliphatic carbocycles. The molecule has 0 aliphatic heterocycles. The van der Waals surface area contributed by atoms with Gasteiger partial charge in [0.15, 0.2) is 0 Å². The molecule has 18 heavy (non-hydrogen) atoms. The standard InChI is InChI=1S/C9H9F3N4S2/c1-5-14-6(4-17-5)2-3-13-8-15-7(16-18-8)9(10,11)12/h4H,2-3H2,1H3,(H,13,15,16). The number of nitrogens with one attached hydrogen (secondary N) is 1. The Morgan fingerprint density at radius 3 is 2.67 bits per heavy atom. The minimum Gasteiger partial charge on any atom is -0.360 e. The molecule has 1 N–H and O–H groups in total.